The van der Waals surface area contributed by atoms with Crippen LogP contribution in [0.15, 0.2) is 23.4 Å². The number of hydrogen-bond donors (Lipinski definition) is 1. The van der Waals surface area contributed by atoms with Gasteiger partial charge in [0.25, 0.3) is 0 Å². The van der Waals surface area contributed by atoms with Gasteiger partial charge in [0, 0.05) is 12.2 Å². The average Bonchev–Trinajstić information content (AvgIpc) is 2.04. The first-order valence-electron chi connectivity index (χ1n) is 5.06. The van der Waals surface area contributed by atoms with Crippen molar-refractivity contribution in [3.63, 3.8) is 0 Å². The first-order valence-corrected chi connectivity index (χ1v) is 5.06. The molecule has 0 saturated heterocycles. The van der Waals surface area contributed by atoms with Gasteiger partial charge in [-0.05, 0) is 26.2 Å². The fourth-order valence-corrected chi connectivity index (χ4v) is 1.08. The summed E-state index contributed by atoms with van der Waals surface area (Å²) in [7, 11) is 0. The molecule has 0 aliphatic heterocycles. The molecule has 0 bridgehead atoms. The van der Waals surface area contributed by atoms with E-state index in [-0.39, 0.29) is 0 Å². The lowest BCUT2D eigenvalue weighted by atomic mass is 10.1. The average molecular weight is 181 g/mol. The van der Waals surface area contributed by atoms with Gasteiger partial charge in [0.05, 0.1) is 0 Å². The highest BCUT2D eigenvalue weighted by atomic mass is 14.9. The van der Waals surface area contributed by atoms with E-state index in [1.165, 1.54) is 11.1 Å². The van der Waals surface area contributed by atoms with Crippen molar-refractivity contribution in [2.75, 3.05) is 6.54 Å². The molecule has 0 saturated carbocycles. The van der Waals surface area contributed by atoms with E-state index in [0.717, 1.165) is 18.7 Å². The van der Waals surface area contributed by atoms with Crippen molar-refractivity contribution < 1.29 is 0 Å². The highest BCUT2D eigenvalue weighted by Gasteiger charge is 2.01. The van der Waals surface area contributed by atoms with Gasteiger partial charge in [0.2, 0.25) is 0 Å². The largest absolute Gasteiger partial charge is 0.385 e. The molecule has 0 aromatic carbocycles. The molecule has 0 fully saturated rings. The van der Waals surface area contributed by atoms with Crippen LogP contribution in [0.2, 0.25) is 0 Å². The Bertz CT molecular complexity index is 195. The molecule has 76 valence electrons. The summed E-state index contributed by atoms with van der Waals surface area (Å²) in [5.74, 6) is 0.523. The second-order valence-corrected chi connectivity index (χ2v) is 3.99. The van der Waals surface area contributed by atoms with E-state index in [1.807, 2.05) is 0 Å². The van der Waals surface area contributed by atoms with Crippen LogP contribution in [0.1, 0.15) is 41.0 Å². The van der Waals surface area contributed by atoms with E-state index >= 15 is 0 Å². The lowest BCUT2D eigenvalue weighted by Crippen LogP contribution is -2.19. The second kappa shape index (κ2) is 5.85. The molecular weight excluding hydrogens is 158 g/mol. The Balaban J connectivity index is 4.02. The van der Waals surface area contributed by atoms with Crippen molar-refractivity contribution in [3.8, 4) is 0 Å². The first kappa shape index (κ1) is 12.3. The predicted octanol–water partition coefficient (Wildman–Crippen LogP) is 3.49. The van der Waals surface area contributed by atoms with Gasteiger partial charge in [-0.25, -0.2) is 0 Å². The van der Waals surface area contributed by atoms with Crippen molar-refractivity contribution in [3.05, 3.63) is 23.4 Å². The van der Waals surface area contributed by atoms with E-state index in [2.05, 4.69) is 46.5 Å². The van der Waals surface area contributed by atoms with E-state index in [4.69, 9.17) is 0 Å². The molecule has 1 nitrogen and oxygen atoms in total. The van der Waals surface area contributed by atoms with Gasteiger partial charge in [0.1, 0.15) is 0 Å². The smallest absolute Gasteiger partial charge is 0.0359 e. The Kier molecular flexibility index (Phi) is 5.52. The Morgan fingerprint density at radius 1 is 1.31 bits per heavy atom. The zero-order chi connectivity index (χ0) is 10.4. The summed E-state index contributed by atoms with van der Waals surface area (Å²) in [6.45, 7) is 15.8. The molecule has 0 rings (SSSR count). The van der Waals surface area contributed by atoms with Crippen LogP contribution in [0.3, 0.4) is 0 Å². The zero-order valence-corrected chi connectivity index (χ0v) is 9.70. The maximum Gasteiger partial charge on any atom is 0.0359 e. The van der Waals surface area contributed by atoms with Crippen molar-refractivity contribution in [2.24, 2.45) is 5.92 Å². The molecule has 0 aromatic heterocycles. The van der Waals surface area contributed by atoms with Gasteiger partial charge in [-0.3, -0.25) is 0 Å². The van der Waals surface area contributed by atoms with Crippen LogP contribution in [-0.4, -0.2) is 6.54 Å². The van der Waals surface area contributed by atoms with Gasteiger partial charge >= 0.3 is 0 Å². The monoisotopic (exact) mass is 181 g/mol. The van der Waals surface area contributed by atoms with E-state index in [0.29, 0.717) is 5.92 Å². The SMILES string of the molecule is C=C(NCC(CC)=C(C)C)C(C)C. The Morgan fingerprint density at radius 3 is 2.15 bits per heavy atom. The Labute approximate surface area is 82.9 Å². The molecule has 0 aliphatic carbocycles. The lowest BCUT2D eigenvalue weighted by Gasteiger charge is -2.15. The number of allylic oxidation sites excluding steroid dienone is 2. The van der Waals surface area contributed by atoms with Crippen LogP contribution in [0, 0.1) is 5.92 Å². The number of nitrogens with one attached hydrogen (secondary N) is 1. The fraction of sp³-hybridized carbons (Fsp3) is 0.667. The molecular formula is C12H23N. The molecule has 0 atom stereocenters. The highest BCUT2D eigenvalue weighted by Crippen LogP contribution is 2.08. The van der Waals surface area contributed by atoms with Crippen LogP contribution < -0.4 is 5.32 Å². The number of hydrogen-bond acceptors (Lipinski definition) is 1. The summed E-state index contributed by atoms with van der Waals surface area (Å²) in [6.07, 6.45) is 1.13. The summed E-state index contributed by atoms with van der Waals surface area (Å²) in [4.78, 5) is 0. The third-order valence-corrected chi connectivity index (χ3v) is 2.36. The van der Waals surface area contributed by atoms with Crippen molar-refractivity contribution in [1.82, 2.24) is 5.32 Å². The minimum Gasteiger partial charge on any atom is -0.385 e. The highest BCUT2D eigenvalue weighted by molar-refractivity contribution is 5.13. The van der Waals surface area contributed by atoms with Crippen molar-refractivity contribution >= 4 is 0 Å². The predicted molar refractivity (Wildman–Crippen MR) is 60.6 cm³/mol. The standard InChI is InChI=1S/C12H23N/c1-7-12(10(4)5)8-13-11(6)9(2)3/h9,13H,6-8H2,1-5H3. The quantitative estimate of drug-likeness (QED) is 0.640. The third-order valence-electron chi connectivity index (χ3n) is 2.36. The van der Waals surface area contributed by atoms with E-state index in [9.17, 15) is 0 Å². The van der Waals surface area contributed by atoms with Crippen LogP contribution in [-0.2, 0) is 0 Å². The molecule has 1 N–H and O–H groups in total. The molecule has 1 heteroatoms. The molecule has 13 heavy (non-hydrogen) atoms. The third kappa shape index (κ3) is 4.76. The first-order chi connectivity index (χ1) is 5.99. The van der Waals surface area contributed by atoms with Gasteiger partial charge < -0.3 is 5.32 Å². The van der Waals surface area contributed by atoms with Crippen LogP contribution in [0.5, 0.6) is 0 Å². The molecule has 0 unspecified atom stereocenters. The summed E-state index contributed by atoms with van der Waals surface area (Å²) in [5, 5.41) is 3.36. The Morgan fingerprint density at radius 2 is 1.85 bits per heavy atom. The normalized spacial score (nSPS) is 10.0. The summed E-state index contributed by atoms with van der Waals surface area (Å²) < 4.78 is 0. The van der Waals surface area contributed by atoms with E-state index in [1.54, 1.807) is 0 Å². The molecule has 0 heterocycles. The summed E-state index contributed by atoms with van der Waals surface area (Å²) >= 11 is 0. The number of rotatable bonds is 5. The molecule has 0 radical (unpaired) electrons. The van der Waals surface area contributed by atoms with Crippen molar-refractivity contribution in [2.45, 2.75) is 41.0 Å². The molecule has 0 aliphatic rings. The van der Waals surface area contributed by atoms with Crippen LogP contribution in [0.4, 0.5) is 0 Å². The summed E-state index contributed by atoms with van der Waals surface area (Å²) in [5.41, 5.74) is 4.04. The lowest BCUT2D eigenvalue weighted by molar-refractivity contribution is 0.670. The molecule has 0 amide bonds. The molecule has 0 aromatic rings. The summed E-state index contributed by atoms with van der Waals surface area (Å²) in [6, 6.07) is 0. The Hall–Kier alpha value is -0.720. The molecule has 0 spiro atoms. The minimum atomic E-state index is 0.523. The van der Waals surface area contributed by atoms with Crippen LogP contribution in [0.25, 0.3) is 0 Å². The van der Waals surface area contributed by atoms with E-state index < -0.39 is 0 Å². The zero-order valence-electron chi connectivity index (χ0n) is 9.70. The topological polar surface area (TPSA) is 12.0 Å². The van der Waals surface area contributed by atoms with Crippen molar-refractivity contribution in [1.29, 1.82) is 0 Å². The van der Waals surface area contributed by atoms with Gasteiger partial charge in [-0.1, -0.05) is 38.5 Å². The van der Waals surface area contributed by atoms with Gasteiger partial charge in [0.15, 0.2) is 0 Å². The maximum absolute atomic E-state index is 3.99. The maximum atomic E-state index is 3.99. The van der Waals surface area contributed by atoms with Gasteiger partial charge in [-0.2, -0.15) is 0 Å². The van der Waals surface area contributed by atoms with Crippen LogP contribution >= 0.6 is 0 Å². The van der Waals surface area contributed by atoms with Gasteiger partial charge in [-0.15, -0.1) is 0 Å². The minimum absolute atomic E-state index is 0.523. The second-order valence-electron chi connectivity index (χ2n) is 3.99. The fourth-order valence-electron chi connectivity index (χ4n) is 1.08.